The first-order valence-electron chi connectivity index (χ1n) is 21.6. The number of ether oxygens (including phenoxy) is 2. The Morgan fingerprint density at radius 2 is 0.918 bits per heavy atom. The molecule has 0 saturated carbocycles. The van der Waals surface area contributed by atoms with Crippen LogP contribution in [0.4, 0.5) is 0 Å². The van der Waals surface area contributed by atoms with Gasteiger partial charge in [0.2, 0.25) is 0 Å². The van der Waals surface area contributed by atoms with E-state index in [0.717, 1.165) is 90.0 Å². The lowest BCUT2D eigenvalue weighted by molar-refractivity contribution is -0.150. The molecule has 0 aromatic carbocycles. The number of carbonyl (C=O) groups is 2. The summed E-state index contributed by atoms with van der Waals surface area (Å²) in [5.74, 6) is -0.0907. The van der Waals surface area contributed by atoms with Crippen LogP contribution in [0.25, 0.3) is 0 Å². The Bertz CT molecular complexity index is 686. The predicted molar refractivity (Wildman–Crippen MR) is 209 cm³/mol. The molecule has 0 heterocycles. The molecule has 0 aromatic rings. The van der Waals surface area contributed by atoms with Crippen LogP contribution in [0.1, 0.15) is 226 Å². The van der Waals surface area contributed by atoms with Crippen molar-refractivity contribution in [2.75, 3.05) is 26.7 Å². The van der Waals surface area contributed by atoms with E-state index in [1.54, 1.807) is 0 Å². The van der Waals surface area contributed by atoms with Gasteiger partial charge in [0, 0.05) is 19.4 Å². The van der Waals surface area contributed by atoms with Crippen molar-refractivity contribution < 1.29 is 24.2 Å². The fraction of sp³-hybridized carbons (Fsp3) is 0.953. The van der Waals surface area contributed by atoms with Crippen LogP contribution in [0.2, 0.25) is 0 Å². The van der Waals surface area contributed by atoms with Crippen LogP contribution in [0.15, 0.2) is 0 Å². The number of hydrogen-bond acceptors (Lipinski definition) is 6. The van der Waals surface area contributed by atoms with E-state index in [4.69, 9.17) is 9.47 Å². The first-order valence-corrected chi connectivity index (χ1v) is 21.6. The molecule has 0 rings (SSSR count). The summed E-state index contributed by atoms with van der Waals surface area (Å²) in [7, 11) is 2.06. The van der Waals surface area contributed by atoms with Crippen molar-refractivity contribution in [1.82, 2.24) is 4.90 Å². The van der Waals surface area contributed by atoms with Gasteiger partial charge in [-0.2, -0.15) is 0 Å². The third-order valence-corrected chi connectivity index (χ3v) is 9.93. The number of likely N-dealkylation sites (N-methyl/N-ethyl adjacent to an activating group) is 1. The van der Waals surface area contributed by atoms with Gasteiger partial charge in [0.15, 0.2) is 0 Å². The highest BCUT2D eigenvalue weighted by Gasteiger charge is 2.15. The van der Waals surface area contributed by atoms with Crippen molar-refractivity contribution in [3.05, 3.63) is 0 Å². The molecule has 0 radical (unpaired) electrons. The van der Waals surface area contributed by atoms with Crippen molar-refractivity contribution in [3.8, 4) is 0 Å². The average molecular weight is 696 g/mol. The smallest absolute Gasteiger partial charge is 0.306 e. The third kappa shape index (κ3) is 36.5. The molecule has 0 aliphatic heterocycles. The maximum atomic E-state index is 12.6. The van der Waals surface area contributed by atoms with Gasteiger partial charge in [-0.3, -0.25) is 9.59 Å². The zero-order valence-corrected chi connectivity index (χ0v) is 33.4. The van der Waals surface area contributed by atoms with Crippen molar-refractivity contribution in [2.24, 2.45) is 0 Å². The van der Waals surface area contributed by atoms with Gasteiger partial charge in [-0.15, -0.1) is 0 Å². The van der Waals surface area contributed by atoms with Crippen LogP contribution < -0.4 is 0 Å². The molecule has 6 heteroatoms. The summed E-state index contributed by atoms with van der Waals surface area (Å²) in [6, 6.07) is 0. The number of esters is 2. The molecular weight excluding hydrogens is 610 g/mol. The topological polar surface area (TPSA) is 76.1 Å². The van der Waals surface area contributed by atoms with Crippen molar-refractivity contribution >= 4 is 11.9 Å². The molecule has 0 saturated heterocycles. The Balaban J connectivity index is 3.88. The van der Waals surface area contributed by atoms with Crippen molar-refractivity contribution in [1.29, 1.82) is 0 Å². The summed E-state index contributed by atoms with van der Waals surface area (Å²) < 4.78 is 11.4. The summed E-state index contributed by atoms with van der Waals surface area (Å²) in [6.07, 6.45) is 35.8. The van der Waals surface area contributed by atoms with Gasteiger partial charge in [-0.1, -0.05) is 156 Å². The molecule has 1 N–H and O–H groups in total. The number of carbonyl (C=O) groups excluding carboxylic acids is 2. The zero-order valence-electron chi connectivity index (χ0n) is 33.4. The Hall–Kier alpha value is -1.14. The maximum absolute atomic E-state index is 12.6. The Labute approximate surface area is 305 Å². The summed E-state index contributed by atoms with van der Waals surface area (Å²) in [6.45, 7) is 8.92. The Morgan fingerprint density at radius 1 is 0.510 bits per heavy atom. The van der Waals surface area contributed by atoms with Gasteiger partial charge in [0.1, 0.15) is 6.10 Å². The highest BCUT2D eigenvalue weighted by Crippen LogP contribution is 2.18. The van der Waals surface area contributed by atoms with Gasteiger partial charge in [-0.05, 0) is 71.4 Å². The Kier molecular flexibility index (Phi) is 37.2. The zero-order chi connectivity index (χ0) is 36.0. The number of hydrogen-bond donors (Lipinski definition) is 1. The van der Waals surface area contributed by atoms with E-state index in [1.165, 1.54) is 109 Å². The van der Waals surface area contributed by atoms with Crippen molar-refractivity contribution in [3.63, 3.8) is 0 Å². The van der Waals surface area contributed by atoms with E-state index in [-0.39, 0.29) is 24.1 Å². The van der Waals surface area contributed by atoms with E-state index < -0.39 is 0 Å². The normalized spacial score (nSPS) is 12.2. The van der Waals surface area contributed by atoms with Crippen LogP contribution in [0, 0.1) is 0 Å². The third-order valence-electron chi connectivity index (χ3n) is 9.93. The minimum absolute atomic E-state index is 0.0330. The maximum Gasteiger partial charge on any atom is 0.306 e. The number of rotatable bonds is 39. The molecule has 0 aromatic heterocycles. The van der Waals surface area contributed by atoms with Gasteiger partial charge in [0.25, 0.3) is 0 Å². The van der Waals surface area contributed by atoms with E-state index in [1.807, 2.05) is 0 Å². The molecule has 1 unspecified atom stereocenters. The molecule has 6 nitrogen and oxygen atoms in total. The summed E-state index contributed by atoms with van der Waals surface area (Å²) in [5, 5.41) is 10.5. The van der Waals surface area contributed by atoms with Crippen LogP contribution in [-0.4, -0.2) is 60.9 Å². The molecule has 0 bridgehead atoms. The average Bonchev–Trinajstić information content (AvgIpc) is 3.08. The molecule has 0 fully saturated rings. The molecular formula is C43H85NO5. The number of aliphatic hydroxyl groups excluding tert-OH is 1. The highest BCUT2D eigenvalue weighted by atomic mass is 16.5. The molecule has 0 amide bonds. The standard InChI is InChI=1S/C43H85NO5/c1-5-8-11-14-17-18-19-22-31-38-48-42(46)35-29-24-30-37-44(4)39-40(45)32-25-23-28-36-43(47)49-41(33-26-20-15-12-9-6-2)34-27-21-16-13-10-7-3/h40-41,45H,5-39H2,1-4H3. The van der Waals surface area contributed by atoms with Crippen LogP contribution in [0.5, 0.6) is 0 Å². The second-order valence-corrected chi connectivity index (χ2v) is 15.1. The van der Waals surface area contributed by atoms with E-state index >= 15 is 0 Å². The SMILES string of the molecule is CCCCCCCCCCCOC(=O)CCCCCN(C)CC(O)CCCCCC(=O)OC(CCCCCCCC)CCCCCCCC. The lowest BCUT2D eigenvalue weighted by Crippen LogP contribution is -2.30. The van der Waals surface area contributed by atoms with E-state index in [0.29, 0.717) is 26.0 Å². The summed E-state index contributed by atoms with van der Waals surface area (Å²) in [4.78, 5) is 26.9. The minimum atomic E-state index is -0.341. The lowest BCUT2D eigenvalue weighted by atomic mass is 10.0. The first kappa shape index (κ1) is 47.9. The summed E-state index contributed by atoms with van der Waals surface area (Å²) >= 11 is 0. The van der Waals surface area contributed by atoms with Crippen LogP contribution >= 0.6 is 0 Å². The van der Waals surface area contributed by atoms with Crippen LogP contribution in [-0.2, 0) is 19.1 Å². The summed E-state index contributed by atoms with van der Waals surface area (Å²) in [5.41, 5.74) is 0. The largest absolute Gasteiger partial charge is 0.466 e. The molecule has 49 heavy (non-hydrogen) atoms. The number of nitrogens with zero attached hydrogens (tertiary/aromatic N) is 1. The monoisotopic (exact) mass is 696 g/mol. The fourth-order valence-electron chi connectivity index (χ4n) is 6.68. The lowest BCUT2D eigenvalue weighted by Gasteiger charge is -2.20. The van der Waals surface area contributed by atoms with Crippen molar-refractivity contribution in [2.45, 2.75) is 238 Å². The molecule has 0 aliphatic rings. The van der Waals surface area contributed by atoms with Gasteiger partial charge >= 0.3 is 11.9 Å². The minimum Gasteiger partial charge on any atom is -0.466 e. The van der Waals surface area contributed by atoms with E-state index in [9.17, 15) is 14.7 Å². The van der Waals surface area contributed by atoms with Gasteiger partial charge in [0.05, 0.1) is 12.7 Å². The quantitative estimate of drug-likeness (QED) is 0.0509. The highest BCUT2D eigenvalue weighted by molar-refractivity contribution is 5.69. The van der Waals surface area contributed by atoms with Gasteiger partial charge in [-0.25, -0.2) is 0 Å². The second-order valence-electron chi connectivity index (χ2n) is 15.1. The molecule has 1 atom stereocenters. The molecule has 0 aliphatic carbocycles. The number of unbranched alkanes of at least 4 members (excludes halogenated alkanes) is 22. The fourth-order valence-corrected chi connectivity index (χ4v) is 6.68. The Morgan fingerprint density at radius 3 is 1.45 bits per heavy atom. The predicted octanol–water partition coefficient (Wildman–Crippen LogP) is 12.3. The van der Waals surface area contributed by atoms with Crippen LogP contribution in [0.3, 0.4) is 0 Å². The molecule has 0 spiro atoms. The molecule has 292 valence electrons. The van der Waals surface area contributed by atoms with E-state index in [2.05, 4.69) is 32.7 Å². The second kappa shape index (κ2) is 38.1. The first-order chi connectivity index (χ1) is 23.9. The number of aliphatic hydroxyl groups is 1. The van der Waals surface area contributed by atoms with Gasteiger partial charge < -0.3 is 19.5 Å².